The van der Waals surface area contributed by atoms with Crippen LogP contribution in [0.1, 0.15) is 382 Å². The Kier molecular flexibility index (Phi) is 42.1. The lowest BCUT2D eigenvalue weighted by molar-refractivity contribution is -0.183. The van der Waals surface area contributed by atoms with Crippen molar-refractivity contribution in [2.75, 3.05) is 80.0 Å². The molecule has 7 heterocycles. The summed E-state index contributed by atoms with van der Waals surface area (Å²) in [6.07, 6.45) is 25.5. The molecule has 6 N–H and O–H groups in total. The van der Waals surface area contributed by atoms with Crippen LogP contribution in [0.5, 0.6) is 0 Å². The van der Waals surface area contributed by atoms with Gasteiger partial charge in [-0.2, -0.15) is 0 Å². The predicted octanol–water partition coefficient (Wildman–Crippen LogP) is 23.1. The number of carboxylic acid groups (broad SMARTS) is 4. The molecule has 0 aromatic carbocycles. The largest absolute Gasteiger partial charge is 0.477 e. The molecule has 4 aromatic rings. The van der Waals surface area contributed by atoms with Gasteiger partial charge in [0.1, 0.15) is 31.7 Å². The lowest BCUT2D eigenvalue weighted by atomic mass is 9.81. The van der Waals surface area contributed by atoms with Crippen molar-refractivity contribution in [2.24, 2.45) is 74.9 Å². The van der Waals surface area contributed by atoms with Crippen molar-refractivity contribution in [1.29, 1.82) is 0 Å². The molecular weight excluding hydrogens is 1920 g/mol. The van der Waals surface area contributed by atoms with Gasteiger partial charge in [-0.25, -0.2) is 48.8 Å². The van der Waals surface area contributed by atoms with Crippen molar-refractivity contribution >= 4 is 128 Å². The van der Waals surface area contributed by atoms with Crippen molar-refractivity contribution in [2.45, 2.75) is 372 Å². The van der Waals surface area contributed by atoms with E-state index in [0.29, 0.717) is 157 Å². The first-order chi connectivity index (χ1) is 68.4. The van der Waals surface area contributed by atoms with E-state index < -0.39 is 41.9 Å². The molecule has 145 heavy (non-hydrogen) atoms. The van der Waals surface area contributed by atoms with Gasteiger partial charge in [0.15, 0.2) is 5.79 Å². The molecule has 3 saturated heterocycles. The van der Waals surface area contributed by atoms with E-state index >= 15 is 0 Å². The molecule has 798 valence electrons. The zero-order chi connectivity index (χ0) is 106. The van der Waals surface area contributed by atoms with Crippen LogP contribution < -0.4 is 30.5 Å². The summed E-state index contributed by atoms with van der Waals surface area (Å²) in [5.74, 6) is 22.9. The van der Waals surface area contributed by atoms with Gasteiger partial charge in [0.05, 0.1) is 81.4 Å². The number of fused-ring (bicyclic) bond motifs is 1. The number of hydrazine groups is 2. The third-order valence-corrected chi connectivity index (χ3v) is 33.4. The number of anilines is 4. The Labute approximate surface area is 877 Å². The molecule has 3 aliphatic heterocycles. The quantitative estimate of drug-likeness (QED) is 0.0265. The van der Waals surface area contributed by atoms with Gasteiger partial charge < -0.3 is 69.3 Å². The molecule has 4 atom stereocenters. The standard InChI is InChI=1S/2C31H44N2O6S.C28H40N2O5S.C23H34N2O3S/c1-19-9-11-21(12-10-19)28(34)33(24-17-22(13-15-31(3,4)5)40-27(24)29(35)36)20(2)14-16-32-30(37)39-26-18-38-25-8-6-7-23(25)26;1-20-5-7-21(8-6-20)28(34)33(26-19-25(13-16-31(2,3)4)40-27(26)29(35)36)23-11-9-22(10-12-23)32-30(37)39-24-14-17-38-18-15-24;1-19-6-8-20(9-7-19)25(31)30(29(5)21-10-14-28(15-11-21)34-16-17-35-28)23-18-22(12-13-27(2,3)4)36-24(23)26(32)33;1-7-14-24(6)25(21(26)17-10-8-16(2)9-11-17)19-15-18(12-13-23(3,4)5)29-20(19)22(27)28/h17,19-21,23,25-26H,6-12,14,16,18H2,1-5H3,(H,32,37)(H,35,36);19-24H,5-12,14-15,17-18H2,1-4H3,(H,32,37)(H,35,36);18-21H,6-11,14-17H2,1-5H3,(H,32,33);15-17H,7-11,14H2,1-6H3,(H,27,28)/t19?,20-,21?,23+,25-,26-;;;/m0.../s1. The first kappa shape index (κ1) is 116. The molecule has 6 amide bonds. The topological polar surface area (TPSA) is 351 Å². The van der Waals surface area contributed by atoms with Crippen LogP contribution in [0.4, 0.5) is 32.3 Å². The van der Waals surface area contributed by atoms with Crippen LogP contribution in [0.2, 0.25) is 0 Å². The van der Waals surface area contributed by atoms with E-state index in [-0.39, 0.29) is 137 Å². The number of alkyl carbamates (subject to hydrolysis) is 2. The van der Waals surface area contributed by atoms with Crippen LogP contribution in [0, 0.1) is 122 Å². The molecule has 4 aromatic heterocycles. The van der Waals surface area contributed by atoms with E-state index in [1.54, 1.807) is 44.1 Å². The molecule has 7 aliphatic carbocycles. The van der Waals surface area contributed by atoms with E-state index in [1.165, 1.54) is 0 Å². The zero-order valence-electron chi connectivity index (χ0n) is 89.6. The van der Waals surface area contributed by atoms with E-state index in [1.807, 2.05) is 121 Å². The Morgan fingerprint density at radius 3 is 1.28 bits per heavy atom. The third-order valence-electron chi connectivity index (χ3n) is 29.3. The fourth-order valence-corrected chi connectivity index (χ4v) is 24.3. The summed E-state index contributed by atoms with van der Waals surface area (Å²) < 4.78 is 34.2. The van der Waals surface area contributed by atoms with Crippen LogP contribution >= 0.6 is 45.3 Å². The first-order valence-electron chi connectivity index (χ1n) is 53.2. The van der Waals surface area contributed by atoms with Crippen LogP contribution in [0.3, 0.4) is 0 Å². The van der Waals surface area contributed by atoms with E-state index in [0.717, 1.165) is 199 Å². The number of aromatic carboxylic acids is 4. The van der Waals surface area contributed by atoms with E-state index in [2.05, 4.69) is 85.7 Å². The minimum absolute atomic E-state index is 0.00322. The van der Waals surface area contributed by atoms with Crippen molar-refractivity contribution in [3.8, 4) is 47.4 Å². The average Bonchev–Trinajstić information content (AvgIpc) is 1.68. The summed E-state index contributed by atoms with van der Waals surface area (Å²) in [4.78, 5) is 136. The summed E-state index contributed by atoms with van der Waals surface area (Å²) in [5, 5.41) is 53.0. The summed E-state index contributed by atoms with van der Waals surface area (Å²) >= 11 is 4.53. The first-order valence-corrected chi connectivity index (χ1v) is 56.5. The number of nitrogens with zero attached hydrogens (tertiary/aromatic N) is 6. The highest BCUT2D eigenvalue weighted by atomic mass is 32.1. The normalized spacial score (nSPS) is 24.5. The number of carbonyl (C=O) groups excluding carboxylic acids is 6. The number of ether oxygens (including phenoxy) is 6. The average molecular weight is 2080 g/mol. The molecule has 32 heteroatoms. The second kappa shape index (κ2) is 52.5. The maximum atomic E-state index is 14.1. The molecule has 10 aliphatic rings. The number of thiophene rings is 4. The number of rotatable bonds is 25. The smallest absolute Gasteiger partial charge is 0.407 e. The van der Waals surface area contributed by atoms with Gasteiger partial charge in [-0.1, -0.05) is 88.4 Å². The van der Waals surface area contributed by atoms with Gasteiger partial charge >= 0.3 is 36.1 Å². The Morgan fingerprint density at radius 1 is 0.455 bits per heavy atom. The van der Waals surface area contributed by atoms with Crippen molar-refractivity contribution < 1.29 is 96.8 Å². The number of amides is 6. The second-order valence-corrected chi connectivity index (χ2v) is 50.4. The van der Waals surface area contributed by atoms with Crippen molar-refractivity contribution in [3.05, 3.63) is 63.3 Å². The van der Waals surface area contributed by atoms with E-state index in [4.69, 9.17) is 28.4 Å². The van der Waals surface area contributed by atoms with E-state index in [9.17, 15) is 68.4 Å². The predicted molar refractivity (Wildman–Crippen MR) is 571 cm³/mol. The van der Waals surface area contributed by atoms with Crippen LogP contribution in [0.25, 0.3) is 0 Å². The fourth-order valence-electron chi connectivity index (χ4n) is 21.0. The molecule has 0 bridgehead atoms. The van der Waals surface area contributed by atoms with Gasteiger partial charge in [-0.15, -0.1) is 45.3 Å². The highest BCUT2D eigenvalue weighted by Gasteiger charge is 2.48. The lowest BCUT2D eigenvalue weighted by Crippen LogP contribution is -2.54. The Morgan fingerprint density at radius 2 is 0.848 bits per heavy atom. The van der Waals surface area contributed by atoms with Gasteiger partial charge in [-0.05, 0) is 305 Å². The Balaban J connectivity index is 0.000000185. The highest BCUT2D eigenvalue weighted by Crippen LogP contribution is 2.47. The summed E-state index contributed by atoms with van der Waals surface area (Å²) in [6, 6.07) is 6.68. The number of hydrogen-bond donors (Lipinski definition) is 6. The molecule has 0 unspecified atom stereocenters. The number of carbonyl (C=O) groups is 10. The number of carboxylic acids is 4. The third kappa shape index (κ3) is 33.8. The summed E-state index contributed by atoms with van der Waals surface area (Å²) in [5.41, 5.74) is 0.893. The van der Waals surface area contributed by atoms with Gasteiger partial charge in [0.25, 0.3) is 0 Å². The van der Waals surface area contributed by atoms with Crippen LogP contribution in [0.15, 0.2) is 24.3 Å². The molecule has 28 nitrogen and oxygen atoms in total. The maximum Gasteiger partial charge on any atom is 0.407 e. The summed E-state index contributed by atoms with van der Waals surface area (Å²) in [7, 11) is 3.78. The Bertz CT molecular complexity index is 5340. The molecular formula is C113H162N8O20S4. The van der Waals surface area contributed by atoms with Crippen molar-refractivity contribution in [3.63, 3.8) is 0 Å². The maximum absolute atomic E-state index is 14.1. The minimum atomic E-state index is -1.07. The molecule has 7 saturated carbocycles. The van der Waals surface area contributed by atoms with Gasteiger partial charge in [0.2, 0.25) is 23.6 Å². The van der Waals surface area contributed by atoms with Crippen LogP contribution in [-0.4, -0.2) is 199 Å². The van der Waals surface area contributed by atoms with Crippen LogP contribution in [-0.2, 0) is 47.6 Å². The number of nitrogens with one attached hydrogen (secondary N) is 2. The van der Waals surface area contributed by atoms with Gasteiger partial charge in [0, 0.05) is 128 Å². The van der Waals surface area contributed by atoms with Crippen molar-refractivity contribution in [1.82, 2.24) is 20.7 Å². The molecule has 10 fully saturated rings. The summed E-state index contributed by atoms with van der Waals surface area (Å²) in [6.45, 7) is 40.9. The fraction of sp³-hybridized carbons (Fsp3) is 0.699. The molecule has 0 radical (unpaired) electrons. The monoisotopic (exact) mass is 2080 g/mol. The SMILES string of the molecule is CC1CCC(C(=O)N(c2cc(C#CC(C)(C)C)sc2C(=O)O)C2CCC(NC(=O)OC3CCOCC3)CC2)CC1.CC1CCC(C(=O)N(c2cc(C#CC(C)(C)C)sc2C(=O)O)N(C)C2CCC3(CC2)OCCO3)CC1.CC1CCC(C(=O)N(c2cc(C#CC(C)(C)C)sc2C(=O)O)[C@@H](C)CCNC(=O)O[C@H]2CO[C@H]3CCC[C@H]32)CC1.CCCN(C)N(C(=O)C1CCC(C)CC1)c1cc(C#CC(C)(C)C)sc1C(=O)O. The molecule has 14 rings (SSSR count). The minimum Gasteiger partial charge on any atom is -0.477 e. The molecule has 1 spiro atoms. The number of hydrogen-bond acceptors (Lipinski definition) is 22. The zero-order valence-corrected chi connectivity index (χ0v) is 92.8. The van der Waals surface area contributed by atoms with Gasteiger partial charge in [-0.3, -0.25) is 19.2 Å². The highest BCUT2D eigenvalue weighted by molar-refractivity contribution is 7.16. The Hall–Kier alpha value is -8.90. The lowest BCUT2D eigenvalue weighted by Gasteiger charge is -2.44. The second-order valence-electron chi connectivity index (χ2n) is 46.2.